The Kier molecular flexibility index (Phi) is 3.41. The van der Waals surface area contributed by atoms with E-state index >= 15 is 0 Å². The highest BCUT2D eigenvalue weighted by Gasteiger charge is 2.20. The summed E-state index contributed by atoms with van der Waals surface area (Å²) < 4.78 is 24.5. The third-order valence-corrected chi connectivity index (χ3v) is 2.65. The largest absolute Gasteiger partial charge is 0.487 e. The average Bonchev–Trinajstić information content (AvgIpc) is 2.70. The Labute approximate surface area is 94.3 Å². The van der Waals surface area contributed by atoms with Crippen molar-refractivity contribution in [3.63, 3.8) is 0 Å². The second-order valence-electron chi connectivity index (χ2n) is 4.04. The lowest BCUT2D eigenvalue weighted by molar-refractivity contribution is 0.140. The smallest absolute Gasteiger partial charge is 0.131 e. The summed E-state index contributed by atoms with van der Waals surface area (Å²) in [5, 5.41) is 0. The van der Waals surface area contributed by atoms with Crippen molar-refractivity contribution in [2.45, 2.75) is 25.5 Å². The van der Waals surface area contributed by atoms with Crippen LogP contribution in [-0.2, 0) is 4.74 Å². The molecule has 4 heteroatoms. The summed E-state index contributed by atoms with van der Waals surface area (Å²) in [6.45, 7) is 3.01. The van der Waals surface area contributed by atoms with Crippen molar-refractivity contribution in [3.8, 4) is 5.75 Å². The molecular weight excluding hydrogens is 209 g/mol. The van der Waals surface area contributed by atoms with Crippen molar-refractivity contribution >= 4 is 0 Å². The molecule has 3 nitrogen and oxygen atoms in total. The van der Waals surface area contributed by atoms with Gasteiger partial charge in [0.2, 0.25) is 0 Å². The Bertz CT molecular complexity index is 362. The molecule has 2 rings (SSSR count). The normalized spacial score (nSPS) is 22.1. The summed E-state index contributed by atoms with van der Waals surface area (Å²) in [7, 11) is 0. The van der Waals surface area contributed by atoms with Gasteiger partial charge in [-0.25, -0.2) is 4.39 Å². The topological polar surface area (TPSA) is 44.5 Å². The first-order valence-electron chi connectivity index (χ1n) is 5.47. The molecule has 1 aromatic rings. The number of ether oxygens (including phenoxy) is 2. The minimum atomic E-state index is -0.376. The van der Waals surface area contributed by atoms with E-state index in [1.54, 1.807) is 19.1 Å². The molecule has 1 aromatic carbocycles. The van der Waals surface area contributed by atoms with Crippen LogP contribution in [0.15, 0.2) is 18.2 Å². The fraction of sp³-hybridized carbons (Fsp3) is 0.500. The summed E-state index contributed by atoms with van der Waals surface area (Å²) in [6, 6.07) is 4.40. The van der Waals surface area contributed by atoms with Crippen molar-refractivity contribution in [1.82, 2.24) is 0 Å². The Hall–Kier alpha value is -1.13. The second-order valence-corrected chi connectivity index (χ2v) is 4.04. The highest BCUT2D eigenvalue weighted by atomic mass is 19.1. The van der Waals surface area contributed by atoms with E-state index in [-0.39, 0.29) is 18.0 Å². The number of halogens is 1. The van der Waals surface area contributed by atoms with Crippen molar-refractivity contribution in [1.29, 1.82) is 0 Å². The molecule has 1 aliphatic rings. The lowest BCUT2D eigenvalue weighted by atomic mass is 10.1. The molecule has 1 unspecified atom stereocenters. The van der Waals surface area contributed by atoms with Gasteiger partial charge < -0.3 is 15.2 Å². The summed E-state index contributed by atoms with van der Waals surface area (Å²) in [5.41, 5.74) is 6.18. The molecule has 2 N–H and O–H groups in total. The first-order valence-corrected chi connectivity index (χ1v) is 5.47. The molecule has 16 heavy (non-hydrogen) atoms. The summed E-state index contributed by atoms with van der Waals surface area (Å²) in [5.74, 6) is 0.219. The quantitative estimate of drug-likeness (QED) is 0.855. The number of hydrogen-bond donors (Lipinski definition) is 1. The van der Waals surface area contributed by atoms with Gasteiger partial charge in [-0.3, -0.25) is 0 Å². The fourth-order valence-corrected chi connectivity index (χ4v) is 1.85. The van der Waals surface area contributed by atoms with E-state index in [1.807, 2.05) is 0 Å². The molecule has 1 heterocycles. The van der Waals surface area contributed by atoms with Gasteiger partial charge in [0.05, 0.1) is 13.2 Å². The predicted octanol–water partition coefficient (Wildman–Crippen LogP) is 2.01. The van der Waals surface area contributed by atoms with Gasteiger partial charge in [0.25, 0.3) is 0 Å². The van der Waals surface area contributed by atoms with Gasteiger partial charge in [-0.05, 0) is 19.1 Å². The lowest BCUT2D eigenvalue weighted by Crippen LogP contribution is -2.18. The van der Waals surface area contributed by atoms with E-state index in [4.69, 9.17) is 15.2 Å². The van der Waals surface area contributed by atoms with E-state index < -0.39 is 0 Å². The van der Waals surface area contributed by atoms with Crippen LogP contribution in [0.25, 0.3) is 0 Å². The number of hydrogen-bond acceptors (Lipinski definition) is 3. The van der Waals surface area contributed by atoms with E-state index in [0.717, 1.165) is 6.42 Å². The van der Waals surface area contributed by atoms with Crippen LogP contribution in [0.1, 0.15) is 24.9 Å². The maximum atomic E-state index is 13.6. The Morgan fingerprint density at radius 1 is 1.56 bits per heavy atom. The summed E-state index contributed by atoms with van der Waals surface area (Å²) in [6.07, 6.45) is 0.855. The van der Waals surface area contributed by atoms with Crippen molar-refractivity contribution in [3.05, 3.63) is 29.6 Å². The molecule has 0 amide bonds. The van der Waals surface area contributed by atoms with Crippen LogP contribution in [0.4, 0.5) is 4.39 Å². The summed E-state index contributed by atoms with van der Waals surface area (Å²) in [4.78, 5) is 0. The van der Waals surface area contributed by atoms with Crippen LogP contribution in [0.2, 0.25) is 0 Å². The molecule has 1 saturated heterocycles. The third-order valence-electron chi connectivity index (χ3n) is 2.65. The number of benzene rings is 1. The maximum Gasteiger partial charge on any atom is 0.131 e. The molecular formula is C12H16FNO2. The van der Waals surface area contributed by atoms with Crippen molar-refractivity contribution in [2.75, 3.05) is 13.2 Å². The van der Waals surface area contributed by atoms with Crippen molar-refractivity contribution < 1.29 is 13.9 Å². The maximum absolute atomic E-state index is 13.6. The molecule has 1 aliphatic heterocycles. The second kappa shape index (κ2) is 4.80. The van der Waals surface area contributed by atoms with Crippen LogP contribution in [0.3, 0.4) is 0 Å². The minimum absolute atomic E-state index is 0.0132. The Morgan fingerprint density at radius 3 is 3.00 bits per heavy atom. The van der Waals surface area contributed by atoms with Gasteiger partial charge in [0, 0.05) is 18.0 Å². The highest BCUT2D eigenvalue weighted by molar-refractivity contribution is 5.37. The Balaban J connectivity index is 2.21. The van der Waals surface area contributed by atoms with E-state index in [9.17, 15) is 4.39 Å². The SMILES string of the molecule is C[C@@H](N)c1c(F)cccc1OC1CCOC1. The molecule has 0 saturated carbocycles. The minimum Gasteiger partial charge on any atom is -0.487 e. The molecule has 0 spiro atoms. The van der Waals surface area contributed by atoms with E-state index in [2.05, 4.69) is 0 Å². The lowest BCUT2D eigenvalue weighted by Gasteiger charge is -2.17. The monoisotopic (exact) mass is 225 g/mol. The van der Waals surface area contributed by atoms with Crippen LogP contribution >= 0.6 is 0 Å². The molecule has 2 atom stereocenters. The third kappa shape index (κ3) is 2.33. The molecule has 1 fully saturated rings. The van der Waals surface area contributed by atoms with Gasteiger partial charge in [-0.15, -0.1) is 0 Å². The number of rotatable bonds is 3. The zero-order valence-corrected chi connectivity index (χ0v) is 9.28. The first-order chi connectivity index (χ1) is 7.68. The van der Waals surface area contributed by atoms with Crippen LogP contribution in [0, 0.1) is 5.82 Å². The zero-order chi connectivity index (χ0) is 11.5. The fourth-order valence-electron chi connectivity index (χ4n) is 1.85. The number of nitrogens with two attached hydrogens (primary N) is 1. The average molecular weight is 225 g/mol. The van der Waals surface area contributed by atoms with Crippen LogP contribution < -0.4 is 10.5 Å². The highest BCUT2D eigenvalue weighted by Crippen LogP contribution is 2.28. The van der Waals surface area contributed by atoms with Gasteiger partial charge in [0.1, 0.15) is 17.7 Å². The van der Waals surface area contributed by atoms with Crippen molar-refractivity contribution in [2.24, 2.45) is 5.73 Å². The molecule has 0 aliphatic carbocycles. The molecule has 88 valence electrons. The van der Waals surface area contributed by atoms with Gasteiger partial charge in [-0.2, -0.15) is 0 Å². The van der Waals surface area contributed by atoms with Gasteiger partial charge >= 0.3 is 0 Å². The molecule has 0 radical (unpaired) electrons. The zero-order valence-electron chi connectivity index (χ0n) is 9.28. The standard InChI is InChI=1S/C12H16FNO2/c1-8(14)12-10(13)3-2-4-11(12)16-9-5-6-15-7-9/h2-4,8-9H,5-7,14H2,1H3/t8-,9?/m1/s1. The Morgan fingerprint density at radius 2 is 2.38 bits per heavy atom. The van der Waals surface area contributed by atoms with Crippen LogP contribution in [-0.4, -0.2) is 19.3 Å². The summed E-state index contributed by atoms with van der Waals surface area (Å²) >= 11 is 0. The van der Waals surface area contributed by atoms with E-state index in [0.29, 0.717) is 24.5 Å². The van der Waals surface area contributed by atoms with Gasteiger partial charge in [-0.1, -0.05) is 6.07 Å². The van der Waals surface area contributed by atoms with Gasteiger partial charge in [0.15, 0.2) is 0 Å². The van der Waals surface area contributed by atoms with E-state index in [1.165, 1.54) is 6.07 Å². The molecule has 0 bridgehead atoms. The molecule has 0 aromatic heterocycles. The first kappa shape index (κ1) is 11.4. The predicted molar refractivity (Wildman–Crippen MR) is 58.9 cm³/mol. The van der Waals surface area contributed by atoms with Crippen LogP contribution in [0.5, 0.6) is 5.75 Å².